The summed E-state index contributed by atoms with van der Waals surface area (Å²) < 4.78 is 93.7. The molecule has 4 heterocycles. The second kappa shape index (κ2) is 16.7. The molecule has 1 aliphatic heterocycles. The number of para-hydroxylation sites is 5. The van der Waals surface area contributed by atoms with E-state index in [-0.39, 0.29) is 54.4 Å². The molecule has 0 spiro atoms. The molecule has 68 heavy (non-hydrogen) atoms. The van der Waals surface area contributed by atoms with E-state index < -0.39 is 66.1 Å². The summed E-state index contributed by atoms with van der Waals surface area (Å²) in [6.07, 6.45) is 5.39. The first-order valence-electron chi connectivity index (χ1n) is 27.2. The number of fused-ring (bicyclic) bond motifs is 5. The van der Waals surface area contributed by atoms with Crippen LogP contribution in [0.4, 0.5) is 22.7 Å². The molecule has 0 unspecified atom stereocenters. The second-order valence-electron chi connectivity index (χ2n) is 18.2. The number of benzene rings is 8. The Labute approximate surface area is 426 Å². The van der Waals surface area contributed by atoms with Crippen molar-refractivity contribution < 1.29 is 39.3 Å². The van der Waals surface area contributed by atoms with Crippen molar-refractivity contribution in [1.82, 2.24) is 14.1 Å². The Kier molecular flexibility index (Phi) is 8.09. The van der Waals surface area contributed by atoms with Gasteiger partial charge in [0.1, 0.15) is 11.5 Å². The standard InChI is InChI=1S/C61H48N6.Pt/c1-60(2,3)44-35-36-62-58(37-44)65-52-32-16-15-29-50(52)51-39-56-57(40-55(51)65)67(61(4,5)66(56)45-25-13-8-14-26-45)47-28-19-27-46(38-47)63-41-64(54-34-18-17-33-53(54)63)59-48(42-21-9-6-10-22-42)30-20-31-49(59)43-23-11-7-12-24-43;/h6-37,39H,1-5H3;/q-2;/i6D,7D,9D,10D,11D,12D,21D,22D,23D,24D;. The van der Waals surface area contributed by atoms with Gasteiger partial charge < -0.3 is 18.9 Å². The molecule has 0 N–H and O–H groups in total. The molecule has 12 rings (SSSR count). The third-order valence-corrected chi connectivity index (χ3v) is 12.7. The fourth-order valence-corrected chi connectivity index (χ4v) is 9.68. The summed E-state index contributed by atoms with van der Waals surface area (Å²) in [6, 6.07) is 45.7. The molecule has 0 saturated heterocycles. The van der Waals surface area contributed by atoms with Crippen LogP contribution in [0.25, 0.3) is 72.3 Å². The molecule has 0 atom stereocenters. The van der Waals surface area contributed by atoms with Gasteiger partial charge >= 0.3 is 0 Å². The molecule has 0 radical (unpaired) electrons. The zero-order valence-electron chi connectivity index (χ0n) is 47.8. The van der Waals surface area contributed by atoms with Crippen LogP contribution in [0, 0.1) is 18.5 Å². The van der Waals surface area contributed by atoms with Crippen molar-refractivity contribution in [3.63, 3.8) is 0 Å². The van der Waals surface area contributed by atoms with Crippen LogP contribution in [0.3, 0.4) is 0 Å². The van der Waals surface area contributed by atoms with E-state index in [9.17, 15) is 0 Å². The third kappa shape index (κ3) is 6.97. The quantitative estimate of drug-likeness (QED) is 0.118. The van der Waals surface area contributed by atoms with Crippen molar-refractivity contribution in [2.75, 3.05) is 9.80 Å². The van der Waals surface area contributed by atoms with Gasteiger partial charge in [-0.05, 0) is 99.9 Å². The molecule has 3 aromatic heterocycles. The number of hydrogen-bond donors (Lipinski definition) is 0. The molecule has 0 aliphatic carbocycles. The van der Waals surface area contributed by atoms with Crippen LogP contribution in [0.1, 0.15) is 53.9 Å². The fraction of sp³-hybridized carbons (Fsp3) is 0.115. The smallest absolute Gasteiger partial charge is 0.268 e. The van der Waals surface area contributed by atoms with Gasteiger partial charge in [0.25, 0.3) is 6.33 Å². The fourth-order valence-electron chi connectivity index (χ4n) is 9.68. The summed E-state index contributed by atoms with van der Waals surface area (Å²) in [7, 11) is 0. The van der Waals surface area contributed by atoms with Crippen LogP contribution in [-0.4, -0.2) is 19.8 Å². The molecule has 0 saturated carbocycles. The van der Waals surface area contributed by atoms with Gasteiger partial charge in [-0.3, -0.25) is 4.57 Å². The molecule has 1 aliphatic rings. The van der Waals surface area contributed by atoms with E-state index in [0.717, 1.165) is 50.2 Å². The minimum Gasteiger partial charge on any atom is -0.371 e. The predicted molar refractivity (Wildman–Crippen MR) is 274 cm³/mol. The molecular formula is C61H48N6Pt-2. The largest absolute Gasteiger partial charge is 0.371 e. The molecule has 8 aromatic carbocycles. The van der Waals surface area contributed by atoms with Crippen LogP contribution in [-0.2, 0) is 26.5 Å². The van der Waals surface area contributed by atoms with E-state index in [0.29, 0.717) is 22.4 Å². The van der Waals surface area contributed by atoms with Crippen LogP contribution in [0.2, 0.25) is 0 Å². The van der Waals surface area contributed by atoms with Crippen molar-refractivity contribution >= 4 is 55.6 Å². The minimum atomic E-state index is -0.761. The normalized spacial score (nSPS) is 15.4. The first-order valence-corrected chi connectivity index (χ1v) is 22.2. The summed E-state index contributed by atoms with van der Waals surface area (Å²) >= 11 is 0. The molecule has 334 valence electrons. The molecule has 11 aromatic rings. The van der Waals surface area contributed by atoms with Crippen LogP contribution >= 0.6 is 0 Å². The average molecular weight is 1070 g/mol. The van der Waals surface area contributed by atoms with Crippen molar-refractivity contribution in [3.8, 4) is 39.4 Å². The zero-order chi connectivity index (χ0) is 54.1. The van der Waals surface area contributed by atoms with Gasteiger partial charge in [-0.25, -0.2) is 4.98 Å². The maximum absolute atomic E-state index is 9.13. The number of anilines is 4. The Morgan fingerprint density at radius 3 is 1.96 bits per heavy atom. The summed E-state index contributed by atoms with van der Waals surface area (Å²) in [5.41, 5.74) is 7.53. The third-order valence-electron chi connectivity index (χ3n) is 12.7. The Morgan fingerprint density at radius 2 is 1.25 bits per heavy atom. The number of imidazole rings is 1. The maximum atomic E-state index is 9.13. The molecule has 0 fully saturated rings. The van der Waals surface area contributed by atoms with Gasteiger partial charge in [-0.2, -0.15) is 18.2 Å². The van der Waals surface area contributed by atoms with Gasteiger partial charge in [0.05, 0.1) is 30.4 Å². The zero-order valence-corrected chi connectivity index (χ0v) is 40.1. The van der Waals surface area contributed by atoms with Gasteiger partial charge in [0, 0.05) is 38.5 Å². The Balaban J connectivity index is 0.00000645. The van der Waals surface area contributed by atoms with E-state index in [2.05, 4.69) is 116 Å². The van der Waals surface area contributed by atoms with E-state index >= 15 is 0 Å². The van der Waals surface area contributed by atoms with Gasteiger partial charge in [0.15, 0.2) is 0 Å². The number of rotatable bonds is 7. The maximum Gasteiger partial charge on any atom is 0.268 e. The first-order chi connectivity index (χ1) is 36.8. The summed E-state index contributed by atoms with van der Waals surface area (Å²) in [5.74, 6) is 0.781. The summed E-state index contributed by atoms with van der Waals surface area (Å²) in [5, 5.41) is 2.08. The van der Waals surface area contributed by atoms with Crippen LogP contribution < -0.4 is 14.4 Å². The van der Waals surface area contributed by atoms with Crippen LogP contribution in [0.15, 0.2) is 200 Å². The number of nitrogens with zero attached hydrogens (tertiary/aromatic N) is 6. The van der Waals surface area contributed by atoms with Gasteiger partial charge in [-0.1, -0.05) is 177 Å². The topological polar surface area (TPSA) is 33.1 Å². The van der Waals surface area contributed by atoms with Crippen LogP contribution in [0.5, 0.6) is 0 Å². The Bertz CT molecular complexity index is 4140. The Morgan fingerprint density at radius 1 is 0.618 bits per heavy atom. The van der Waals surface area contributed by atoms with Crippen molar-refractivity contribution in [1.29, 1.82) is 0 Å². The molecule has 0 bridgehead atoms. The van der Waals surface area contributed by atoms with Gasteiger partial charge in [0.2, 0.25) is 0 Å². The SMILES string of the molecule is [2H]c1c([2H])c([2H])c(-c2cccc(-c3c([2H])c([2H])c([2H])c([2H])c3[2H])c2-[n+]2[c-]n(-c3[c-]c(N4c5[c-]c6c(cc5N(c5ccccc5)C4(C)C)c4ccccc4n6-c4cc(C(C)(C)C)ccn4)ccc3)c3ccccc32)c([2H])c1[2H].[Pt]. The summed E-state index contributed by atoms with van der Waals surface area (Å²) in [6.45, 7) is 10.9. The number of aromatic nitrogens is 4. The van der Waals surface area contributed by atoms with E-state index in [1.807, 2.05) is 77.5 Å². The predicted octanol–water partition coefficient (Wildman–Crippen LogP) is 14.5. The monoisotopic (exact) mass is 1070 g/mol. The van der Waals surface area contributed by atoms with Crippen molar-refractivity contribution in [2.45, 2.75) is 45.7 Å². The van der Waals surface area contributed by atoms with Crippen molar-refractivity contribution in [2.24, 2.45) is 0 Å². The minimum absolute atomic E-state index is 0. The molecular weight excluding hydrogens is 1010 g/mol. The number of hydrogen-bond acceptors (Lipinski definition) is 3. The summed E-state index contributed by atoms with van der Waals surface area (Å²) in [4.78, 5) is 9.52. The molecule has 0 amide bonds. The molecule has 7 heteroatoms. The second-order valence-corrected chi connectivity index (χ2v) is 18.2. The van der Waals surface area contributed by atoms with Gasteiger partial charge in [-0.15, -0.1) is 18.2 Å². The molecule has 6 nitrogen and oxygen atoms in total. The van der Waals surface area contributed by atoms with E-state index in [1.165, 1.54) is 0 Å². The van der Waals surface area contributed by atoms with E-state index in [4.69, 9.17) is 18.7 Å². The first kappa shape index (κ1) is 33.0. The Hall–Kier alpha value is -7.53. The average Bonchev–Trinajstić information content (AvgIpc) is 4.23. The van der Waals surface area contributed by atoms with E-state index in [1.54, 1.807) is 22.8 Å². The van der Waals surface area contributed by atoms with Crippen molar-refractivity contribution in [3.05, 3.63) is 224 Å². The number of pyridine rings is 1.